The lowest BCUT2D eigenvalue weighted by molar-refractivity contribution is 0.502. The maximum atomic E-state index is 13.2. The van der Waals surface area contributed by atoms with Crippen molar-refractivity contribution in [3.8, 4) is 0 Å². The highest BCUT2D eigenvalue weighted by atomic mass is 32.2. The Morgan fingerprint density at radius 3 is 2.75 bits per heavy atom. The third-order valence-corrected chi connectivity index (χ3v) is 3.71. The number of benzene rings is 1. The predicted octanol–water partition coefficient (Wildman–Crippen LogP) is 1.95. The van der Waals surface area contributed by atoms with Crippen LogP contribution in [0.1, 0.15) is 18.9 Å². The summed E-state index contributed by atoms with van der Waals surface area (Å²) in [6.07, 6.45) is 0.720. The molecule has 2 N–H and O–H groups in total. The van der Waals surface area contributed by atoms with Crippen LogP contribution in [0.25, 0.3) is 0 Å². The van der Waals surface area contributed by atoms with Crippen LogP contribution in [-0.2, 0) is 16.6 Å². The number of halogens is 2. The Kier molecular flexibility index (Phi) is 5.02. The smallest absolute Gasteiger partial charge is 0.162 e. The monoisotopic (exact) mass is 247 g/mol. The van der Waals surface area contributed by atoms with E-state index < -0.39 is 22.4 Å². The molecule has 0 fully saturated rings. The van der Waals surface area contributed by atoms with Gasteiger partial charge in [-0.15, -0.1) is 0 Å². The van der Waals surface area contributed by atoms with Gasteiger partial charge in [0, 0.05) is 28.2 Å². The number of hydrogen-bond acceptors (Lipinski definition) is 2. The Hall–Kier alpha value is -0.810. The Balaban J connectivity index is 2.66. The standard InChI is InChI=1S/C11H15F2NOS/c1-2-9(14)7-16(15)6-8-4-3-5-10(12)11(8)13/h3-5,9H,2,6-7,14H2,1H3. The van der Waals surface area contributed by atoms with E-state index in [1.807, 2.05) is 6.92 Å². The first-order valence-corrected chi connectivity index (χ1v) is 6.56. The van der Waals surface area contributed by atoms with Gasteiger partial charge in [0.05, 0.1) is 5.75 Å². The molecule has 0 saturated heterocycles. The lowest BCUT2D eigenvalue weighted by atomic mass is 10.2. The van der Waals surface area contributed by atoms with E-state index in [0.29, 0.717) is 5.75 Å². The van der Waals surface area contributed by atoms with Crippen LogP contribution in [0.15, 0.2) is 18.2 Å². The van der Waals surface area contributed by atoms with Gasteiger partial charge in [-0.2, -0.15) is 0 Å². The van der Waals surface area contributed by atoms with Crippen LogP contribution in [0.4, 0.5) is 8.78 Å². The zero-order chi connectivity index (χ0) is 12.1. The van der Waals surface area contributed by atoms with Crippen LogP contribution in [0, 0.1) is 11.6 Å². The van der Waals surface area contributed by atoms with E-state index in [1.165, 1.54) is 12.1 Å². The van der Waals surface area contributed by atoms with E-state index in [-0.39, 0.29) is 17.4 Å². The molecule has 0 bridgehead atoms. The Bertz CT molecular complexity index is 384. The van der Waals surface area contributed by atoms with E-state index in [9.17, 15) is 13.0 Å². The van der Waals surface area contributed by atoms with Crippen LogP contribution in [-0.4, -0.2) is 16.0 Å². The van der Waals surface area contributed by atoms with E-state index in [2.05, 4.69) is 0 Å². The molecule has 0 aliphatic heterocycles. The first-order valence-electron chi connectivity index (χ1n) is 5.08. The molecule has 0 heterocycles. The Morgan fingerprint density at radius 1 is 1.44 bits per heavy atom. The van der Waals surface area contributed by atoms with Crippen molar-refractivity contribution in [3.05, 3.63) is 35.4 Å². The minimum absolute atomic E-state index is 0.0112. The van der Waals surface area contributed by atoms with Gasteiger partial charge in [0.25, 0.3) is 0 Å². The third-order valence-electron chi connectivity index (χ3n) is 2.27. The van der Waals surface area contributed by atoms with E-state index in [4.69, 9.17) is 5.73 Å². The first kappa shape index (κ1) is 13.3. The molecule has 1 rings (SSSR count). The van der Waals surface area contributed by atoms with Crippen LogP contribution in [0.5, 0.6) is 0 Å². The van der Waals surface area contributed by atoms with Crippen LogP contribution in [0.2, 0.25) is 0 Å². The number of nitrogens with two attached hydrogens (primary N) is 1. The molecule has 90 valence electrons. The van der Waals surface area contributed by atoms with Crippen LogP contribution in [0.3, 0.4) is 0 Å². The highest BCUT2D eigenvalue weighted by Gasteiger charge is 2.12. The molecule has 1 aromatic carbocycles. The topological polar surface area (TPSA) is 43.1 Å². The summed E-state index contributed by atoms with van der Waals surface area (Å²) < 4.78 is 37.7. The lowest BCUT2D eigenvalue weighted by Gasteiger charge is -2.08. The lowest BCUT2D eigenvalue weighted by Crippen LogP contribution is -2.26. The quantitative estimate of drug-likeness (QED) is 0.864. The van der Waals surface area contributed by atoms with Gasteiger partial charge in [-0.05, 0) is 12.5 Å². The predicted molar refractivity (Wildman–Crippen MR) is 61.3 cm³/mol. The molecule has 0 spiro atoms. The van der Waals surface area contributed by atoms with Gasteiger partial charge in [0.15, 0.2) is 11.6 Å². The second kappa shape index (κ2) is 6.06. The fourth-order valence-electron chi connectivity index (χ4n) is 1.25. The molecule has 2 unspecified atom stereocenters. The van der Waals surface area contributed by atoms with E-state index in [1.54, 1.807) is 0 Å². The van der Waals surface area contributed by atoms with Gasteiger partial charge in [0.1, 0.15) is 0 Å². The molecule has 2 atom stereocenters. The van der Waals surface area contributed by atoms with E-state index in [0.717, 1.165) is 12.5 Å². The molecule has 0 aromatic heterocycles. The van der Waals surface area contributed by atoms with Gasteiger partial charge in [-0.3, -0.25) is 4.21 Å². The summed E-state index contributed by atoms with van der Waals surface area (Å²) in [7, 11) is -1.25. The number of hydrogen-bond donors (Lipinski definition) is 1. The van der Waals surface area contributed by atoms with Gasteiger partial charge in [-0.25, -0.2) is 8.78 Å². The van der Waals surface area contributed by atoms with Crippen molar-refractivity contribution < 1.29 is 13.0 Å². The molecular formula is C11H15F2NOS. The minimum Gasteiger partial charge on any atom is -0.327 e. The molecule has 2 nitrogen and oxygen atoms in total. The molecule has 1 aromatic rings. The van der Waals surface area contributed by atoms with Gasteiger partial charge < -0.3 is 5.73 Å². The summed E-state index contributed by atoms with van der Waals surface area (Å²) in [5.74, 6) is -1.50. The molecule has 0 aliphatic rings. The van der Waals surface area contributed by atoms with Crippen molar-refractivity contribution in [2.45, 2.75) is 25.1 Å². The summed E-state index contributed by atoms with van der Waals surface area (Å²) in [6.45, 7) is 1.89. The maximum absolute atomic E-state index is 13.2. The van der Waals surface area contributed by atoms with Crippen molar-refractivity contribution in [1.29, 1.82) is 0 Å². The van der Waals surface area contributed by atoms with Crippen LogP contribution >= 0.6 is 0 Å². The summed E-state index contributed by atoms with van der Waals surface area (Å²) in [5.41, 5.74) is 5.78. The maximum Gasteiger partial charge on any atom is 0.162 e. The fourth-order valence-corrected chi connectivity index (χ4v) is 2.65. The first-order chi connectivity index (χ1) is 7.54. The van der Waals surface area contributed by atoms with Crippen molar-refractivity contribution in [2.75, 3.05) is 5.75 Å². The molecular weight excluding hydrogens is 232 g/mol. The van der Waals surface area contributed by atoms with Crippen LogP contribution < -0.4 is 5.73 Å². The van der Waals surface area contributed by atoms with Crippen molar-refractivity contribution in [3.63, 3.8) is 0 Å². The summed E-state index contributed by atoms with van der Waals surface area (Å²) in [4.78, 5) is 0. The molecule has 0 saturated carbocycles. The van der Waals surface area contributed by atoms with Crippen molar-refractivity contribution >= 4 is 10.8 Å². The Labute approximate surface area is 96.3 Å². The van der Waals surface area contributed by atoms with Crippen molar-refractivity contribution in [2.24, 2.45) is 5.73 Å². The largest absolute Gasteiger partial charge is 0.327 e. The highest BCUT2D eigenvalue weighted by Crippen LogP contribution is 2.13. The average molecular weight is 247 g/mol. The molecule has 5 heteroatoms. The third kappa shape index (κ3) is 3.64. The van der Waals surface area contributed by atoms with Gasteiger partial charge in [0.2, 0.25) is 0 Å². The summed E-state index contributed by atoms with van der Waals surface area (Å²) in [6, 6.07) is 3.73. The molecule has 0 amide bonds. The van der Waals surface area contributed by atoms with Gasteiger partial charge >= 0.3 is 0 Å². The average Bonchev–Trinajstić information content (AvgIpc) is 2.24. The zero-order valence-corrected chi connectivity index (χ0v) is 9.90. The summed E-state index contributed by atoms with van der Waals surface area (Å²) in [5, 5.41) is 0. The molecule has 0 aliphatic carbocycles. The molecule has 0 radical (unpaired) electrons. The normalized spacial score (nSPS) is 14.8. The summed E-state index contributed by atoms with van der Waals surface area (Å²) >= 11 is 0. The SMILES string of the molecule is CCC(N)CS(=O)Cc1cccc(F)c1F. The second-order valence-corrected chi connectivity index (χ2v) is 5.13. The number of rotatable bonds is 5. The highest BCUT2D eigenvalue weighted by molar-refractivity contribution is 7.84. The fraction of sp³-hybridized carbons (Fsp3) is 0.455. The second-order valence-electron chi connectivity index (χ2n) is 3.63. The Morgan fingerprint density at radius 2 is 2.12 bits per heavy atom. The zero-order valence-electron chi connectivity index (χ0n) is 9.08. The molecule has 16 heavy (non-hydrogen) atoms. The van der Waals surface area contributed by atoms with E-state index >= 15 is 0 Å². The van der Waals surface area contributed by atoms with Crippen molar-refractivity contribution in [1.82, 2.24) is 0 Å². The minimum atomic E-state index is -1.25. The van der Waals surface area contributed by atoms with Gasteiger partial charge in [-0.1, -0.05) is 19.1 Å².